The molecule has 0 aliphatic rings. The van der Waals surface area contributed by atoms with Crippen molar-refractivity contribution in [1.82, 2.24) is 10.2 Å². The molecule has 0 fully saturated rings. The molecule has 0 spiro atoms. The molecule has 0 amide bonds. The zero-order valence-electron chi connectivity index (χ0n) is 7.87. The predicted octanol–water partition coefficient (Wildman–Crippen LogP) is 2.57. The van der Waals surface area contributed by atoms with E-state index in [1.807, 2.05) is 0 Å². The Morgan fingerprint density at radius 1 is 1.50 bits per heavy atom. The van der Waals surface area contributed by atoms with Crippen LogP contribution in [0, 0.1) is 5.82 Å². The molecular weight excluding hydrogens is 235 g/mol. The fourth-order valence-electron chi connectivity index (χ4n) is 1.36. The van der Waals surface area contributed by atoms with Crippen LogP contribution in [0.1, 0.15) is 10.4 Å². The largest absolute Gasteiger partial charge is 0.478 e. The SMILES string of the molecule is O=C(O)c1c(-c2cccc(F)c2)n[nH]c1Cl. The van der Waals surface area contributed by atoms with Crippen molar-refractivity contribution in [3.8, 4) is 11.3 Å². The standard InChI is InChI=1S/C10H6ClFN2O2/c11-9-7(10(15)16)8(13-14-9)5-2-1-3-6(12)4-5/h1-4H,(H,13,14)(H,15,16). The summed E-state index contributed by atoms with van der Waals surface area (Å²) in [5, 5.41) is 14.9. The highest BCUT2D eigenvalue weighted by Gasteiger charge is 2.19. The predicted molar refractivity (Wildman–Crippen MR) is 56.0 cm³/mol. The van der Waals surface area contributed by atoms with Crippen LogP contribution >= 0.6 is 11.6 Å². The number of aromatic carboxylic acids is 1. The van der Waals surface area contributed by atoms with Gasteiger partial charge in [0.1, 0.15) is 22.2 Å². The van der Waals surface area contributed by atoms with Gasteiger partial charge in [-0.25, -0.2) is 9.18 Å². The van der Waals surface area contributed by atoms with Gasteiger partial charge in [0, 0.05) is 5.56 Å². The van der Waals surface area contributed by atoms with Gasteiger partial charge in [-0.1, -0.05) is 23.7 Å². The second-order valence-electron chi connectivity index (χ2n) is 3.08. The zero-order valence-corrected chi connectivity index (χ0v) is 8.62. The first-order chi connectivity index (χ1) is 7.59. The van der Waals surface area contributed by atoms with Gasteiger partial charge in [-0.15, -0.1) is 0 Å². The van der Waals surface area contributed by atoms with E-state index >= 15 is 0 Å². The first kappa shape index (κ1) is 10.6. The van der Waals surface area contributed by atoms with Gasteiger partial charge in [0.15, 0.2) is 0 Å². The number of rotatable bonds is 2. The van der Waals surface area contributed by atoms with E-state index in [-0.39, 0.29) is 16.4 Å². The number of nitrogens with one attached hydrogen (secondary N) is 1. The molecule has 0 atom stereocenters. The molecule has 2 N–H and O–H groups in total. The third kappa shape index (κ3) is 1.77. The van der Waals surface area contributed by atoms with Gasteiger partial charge in [0.25, 0.3) is 0 Å². The van der Waals surface area contributed by atoms with Gasteiger partial charge in [0.2, 0.25) is 0 Å². The maximum absolute atomic E-state index is 13.0. The fraction of sp³-hybridized carbons (Fsp3) is 0. The van der Waals surface area contributed by atoms with E-state index in [0.29, 0.717) is 5.56 Å². The molecule has 16 heavy (non-hydrogen) atoms. The molecule has 0 saturated heterocycles. The highest BCUT2D eigenvalue weighted by Crippen LogP contribution is 2.26. The lowest BCUT2D eigenvalue weighted by molar-refractivity contribution is 0.0698. The summed E-state index contributed by atoms with van der Waals surface area (Å²) < 4.78 is 13.0. The Morgan fingerprint density at radius 3 is 2.88 bits per heavy atom. The van der Waals surface area contributed by atoms with Crippen molar-refractivity contribution in [3.63, 3.8) is 0 Å². The van der Waals surface area contributed by atoms with Gasteiger partial charge in [-0.2, -0.15) is 5.10 Å². The lowest BCUT2D eigenvalue weighted by Crippen LogP contribution is -1.98. The van der Waals surface area contributed by atoms with Gasteiger partial charge >= 0.3 is 5.97 Å². The van der Waals surface area contributed by atoms with Crippen molar-refractivity contribution in [1.29, 1.82) is 0 Å². The van der Waals surface area contributed by atoms with Crippen molar-refractivity contribution in [2.24, 2.45) is 0 Å². The number of nitrogens with zero attached hydrogens (tertiary/aromatic N) is 1. The Labute approximate surface area is 94.7 Å². The quantitative estimate of drug-likeness (QED) is 0.848. The molecule has 0 radical (unpaired) electrons. The van der Waals surface area contributed by atoms with E-state index in [1.165, 1.54) is 18.2 Å². The second kappa shape index (κ2) is 3.94. The molecule has 82 valence electrons. The molecule has 2 aromatic rings. The highest BCUT2D eigenvalue weighted by molar-refractivity contribution is 6.33. The summed E-state index contributed by atoms with van der Waals surface area (Å²) >= 11 is 5.64. The molecule has 4 nitrogen and oxygen atoms in total. The maximum Gasteiger partial charge on any atom is 0.341 e. The van der Waals surface area contributed by atoms with E-state index in [4.69, 9.17) is 16.7 Å². The number of carboxylic acids is 1. The first-order valence-electron chi connectivity index (χ1n) is 4.32. The number of H-pyrrole nitrogens is 1. The smallest absolute Gasteiger partial charge is 0.341 e. The van der Waals surface area contributed by atoms with Crippen LogP contribution in [0.3, 0.4) is 0 Å². The van der Waals surface area contributed by atoms with E-state index in [9.17, 15) is 9.18 Å². The monoisotopic (exact) mass is 240 g/mol. The Bertz CT molecular complexity index is 554. The number of carboxylic acid groups (broad SMARTS) is 1. The second-order valence-corrected chi connectivity index (χ2v) is 3.45. The summed E-state index contributed by atoms with van der Waals surface area (Å²) in [5.74, 6) is -1.68. The maximum atomic E-state index is 13.0. The third-order valence-electron chi connectivity index (χ3n) is 2.03. The first-order valence-corrected chi connectivity index (χ1v) is 4.70. The summed E-state index contributed by atoms with van der Waals surface area (Å²) in [7, 11) is 0. The average molecular weight is 241 g/mol. The molecule has 6 heteroatoms. The van der Waals surface area contributed by atoms with E-state index in [1.54, 1.807) is 6.07 Å². The average Bonchev–Trinajstić information content (AvgIpc) is 2.60. The number of aromatic nitrogens is 2. The summed E-state index contributed by atoms with van der Waals surface area (Å²) in [6, 6.07) is 5.48. The van der Waals surface area contributed by atoms with Crippen LogP contribution < -0.4 is 0 Å². The molecule has 0 unspecified atom stereocenters. The normalized spacial score (nSPS) is 10.4. The van der Waals surface area contributed by atoms with E-state index in [0.717, 1.165) is 0 Å². The number of hydrogen-bond acceptors (Lipinski definition) is 2. The van der Waals surface area contributed by atoms with E-state index in [2.05, 4.69) is 10.2 Å². The third-order valence-corrected chi connectivity index (χ3v) is 2.31. The summed E-state index contributed by atoms with van der Waals surface area (Å²) in [5.41, 5.74) is 0.324. The van der Waals surface area contributed by atoms with Crippen molar-refractivity contribution < 1.29 is 14.3 Å². The Balaban J connectivity index is 2.60. The molecule has 0 aliphatic carbocycles. The lowest BCUT2D eigenvalue weighted by atomic mass is 10.1. The summed E-state index contributed by atoms with van der Waals surface area (Å²) in [6.45, 7) is 0. The molecule has 1 aromatic carbocycles. The molecule has 0 bridgehead atoms. The molecule has 1 aromatic heterocycles. The van der Waals surface area contributed by atoms with Gasteiger partial charge in [-0.05, 0) is 12.1 Å². The van der Waals surface area contributed by atoms with Crippen molar-refractivity contribution in [2.75, 3.05) is 0 Å². The molecule has 1 heterocycles. The van der Waals surface area contributed by atoms with Crippen LogP contribution in [0.5, 0.6) is 0 Å². The molecular formula is C10H6ClFN2O2. The minimum atomic E-state index is -1.21. The summed E-state index contributed by atoms with van der Waals surface area (Å²) in [6.07, 6.45) is 0. The van der Waals surface area contributed by atoms with Crippen LogP contribution in [0.15, 0.2) is 24.3 Å². The molecule has 2 rings (SSSR count). The topological polar surface area (TPSA) is 66.0 Å². The van der Waals surface area contributed by atoms with Crippen LogP contribution in [-0.4, -0.2) is 21.3 Å². The summed E-state index contributed by atoms with van der Waals surface area (Å²) in [4.78, 5) is 10.9. The molecule has 0 saturated carbocycles. The Morgan fingerprint density at radius 2 is 2.25 bits per heavy atom. The zero-order chi connectivity index (χ0) is 11.7. The number of carbonyl (C=O) groups is 1. The van der Waals surface area contributed by atoms with Gasteiger partial charge < -0.3 is 5.11 Å². The minimum Gasteiger partial charge on any atom is -0.478 e. The number of hydrogen-bond donors (Lipinski definition) is 2. The van der Waals surface area contributed by atoms with Crippen molar-refractivity contribution >= 4 is 17.6 Å². The lowest BCUT2D eigenvalue weighted by Gasteiger charge is -1.98. The highest BCUT2D eigenvalue weighted by atomic mass is 35.5. The van der Waals surface area contributed by atoms with Crippen LogP contribution in [0.25, 0.3) is 11.3 Å². The minimum absolute atomic E-state index is 0.0771. The number of halogens is 2. The van der Waals surface area contributed by atoms with Crippen LogP contribution in [0.4, 0.5) is 4.39 Å². The Kier molecular flexibility index (Phi) is 2.62. The Hall–Kier alpha value is -1.88. The van der Waals surface area contributed by atoms with Gasteiger partial charge in [-0.3, -0.25) is 5.10 Å². The molecule has 0 aliphatic heterocycles. The fourth-order valence-corrected chi connectivity index (χ4v) is 1.57. The van der Waals surface area contributed by atoms with Crippen molar-refractivity contribution in [3.05, 3.63) is 40.8 Å². The van der Waals surface area contributed by atoms with Gasteiger partial charge in [0.05, 0.1) is 0 Å². The van der Waals surface area contributed by atoms with Crippen molar-refractivity contribution in [2.45, 2.75) is 0 Å². The van der Waals surface area contributed by atoms with Crippen LogP contribution in [-0.2, 0) is 0 Å². The van der Waals surface area contributed by atoms with Crippen LogP contribution in [0.2, 0.25) is 5.15 Å². The number of aromatic amines is 1. The van der Waals surface area contributed by atoms with E-state index < -0.39 is 11.8 Å². The number of benzene rings is 1.